The van der Waals surface area contributed by atoms with Gasteiger partial charge in [-0.3, -0.25) is 9.78 Å². The molecule has 3 aromatic rings. The van der Waals surface area contributed by atoms with Crippen LogP contribution < -0.4 is 16.0 Å². The molecule has 3 heterocycles. The molecule has 0 bridgehead atoms. The van der Waals surface area contributed by atoms with E-state index in [2.05, 4.69) is 9.97 Å². The zero-order chi connectivity index (χ0) is 19.1. The molecule has 1 aliphatic rings. The number of H-pyrrole nitrogens is 2. The van der Waals surface area contributed by atoms with Gasteiger partial charge in [0.2, 0.25) is 11.8 Å². The second kappa shape index (κ2) is 6.30. The maximum atomic E-state index is 12.5. The van der Waals surface area contributed by atoms with E-state index in [0.717, 1.165) is 11.1 Å². The van der Waals surface area contributed by atoms with Crippen LogP contribution in [0, 0.1) is 23.0 Å². The molecule has 8 heteroatoms. The van der Waals surface area contributed by atoms with E-state index < -0.39 is 11.5 Å². The van der Waals surface area contributed by atoms with E-state index in [1.165, 1.54) is 0 Å². The fourth-order valence-corrected chi connectivity index (χ4v) is 3.24. The number of nitriles is 1. The number of nitrogens with zero attached hydrogens (tertiary/aromatic N) is 1. The van der Waals surface area contributed by atoms with Gasteiger partial charge < -0.3 is 19.9 Å². The van der Waals surface area contributed by atoms with E-state index in [-0.39, 0.29) is 27.7 Å². The van der Waals surface area contributed by atoms with Crippen molar-refractivity contribution in [3.8, 4) is 23.3 Å². The van der Waals surface area contributed by atoms with E-state index in [0.29, 0.717) is 11.5 Å². The van der Waals surface area contributed by atoms with Gasteiger partial charge in [-0.1, -0.05) is 29.8 Å². The van der Waals surface area contributed by atoms with Gasteiger partial charge in [-0.15, -0.1) is 0 Å². The summed E-state index contributed by atoms with van der Waals surface area (Å²) < 4.78 is 11.5. The number of furan rings is 1. The summed E-state index contributed by atoms with van der Waals surface area (Å²) >= 11 is 4.98. The SMILES string of the molecule is Cc1ccc(-c2ccc(C3C(C#N)=C(N)Oc4[nH]c(=S)[nH]c(=O)c43)o2)cc1. The molecule has 4 N–H and O–H groups in total. The fourth-order valence-electron chi connectivity index (χ4n) is 3.05. The number of rotatable bonds is 2. The van der Waals surface area contributed by atoms with Gasteiger partial charge in [0.05, 0.1) is 11.5 Å². The van der Waals surface area contributed by atoms with Crippen LogP contribution in [0.15, 0.2) is 57.1 Å². The van der Waals surface area contributed by atoms with Crippen molar-refractivity contribution in [3.63, 3.8) is 0 Å². The quantitative estimate of drug-likeness (QED) is 0.589. The molecule has 134 valence electrons. The van der Waals surface area contributed by atoms with Crippen molar-refractivity contribution in [2.75, 3.05) is 0 Å². The molecule has 1 atom stereocenters. The van der Waals surface area contributed by atoms with Crippen LogP contribution in [0.3, 0.4) is 0 Å². The second-order valence-corrected chi connectivity index (χ2v) is 6.55. The lowest BCUT2D eigenvalue weighted by molar-refractivity contribution is 0.366. The number of benzene rings is 1. The number of ether oxygens (including phenoxy) is 1. The number of aryl methyl sites for hydroxylation is 1. The van der Waals surface area contributed by atoms with Gasteiger partial charge >= 0.3 is 0 Å². The summed E-state index contributed by atoms with van der Waals surface area (Å²) in [6.07, 6.45) is 0. The van der Waals surface area contributed by atoms with Crippen molar-refractivity contribution in [2.45, 2.75) is 12.8 Å². The molecule has 0 saturated carbocycles. The molecule has 0 aliphatic carbocycles. The zero-order valence-corrected chi connectivity index (χ0v) is 15.0. The van der Waals surface area contributed by atoms with E-state index in [4.69, 9.17) is 27.1 Å². The molecule has 1 unspecified atom stereocenters. The Bertz CT molecular complexity index is 1230. The predicted octanol–water partition coefficient (Wildman–Crippen LogP) is 3.22. The zero-order valence-electron chi connectivity index (χ0n) is 14.2. The number of aromatic nitrogens is 2. The second-order valence-electron chi connectivity index (χ2n) is 6.14. The van der Waals surface area contributed by atoms with Crippen LogP contribution in [0.5, 0.6) is 5.88 Å². The molecular formula is C19H14N4O3S. The first-order valence-corrected chi connectivity index (χ1v) is 8.49. The highest BCUT2D eigenvalue weighted by Gasteiger charge is 2.36. The van der Waals surface area contributed by atoms with Crippen LogP contribution in [0.1, 0.15) is 22.8 Å². The summed E-state index contributed by atoms with van der Waals surface area (Å²) in [7, 11) is 0. The average molecular weight is 378 g/mol. The number of hydrogen-bond acceptors (Lipinski definition) is 6. The monoisotopic (exact) mass is 378 g/mol. The Morgan fingerprint density at radius 3 is 2.63 bits per heavy atom. The highest BCUT2D eigenvalue weighted by Crippen LogP contribution is 2.40. The van der Waals surface area contributed by atoms with Gasteiger partial charge in [0, 0.05) is 5.56 Å². The fraction of sp³-hybridized carbons (Fsp3) is 0.105. The molecular weight excluding hydrogens is 364 g/mol. The summed E-state index contributed by atoms with van der Waals surface area (Å²) in [4.78, 5) is 17.8. The van der Waals surface area contributed by atoms with Gasteiger partial charge in [0.25, 0.3) is 5.56 Å². The standard InChI is InChI=1S/C19H14N4O3S/c1-9-2-4-10(5-3-9)12-6-7-13(25-12)14-11(8-20)16(21)26-18-15(14)17(24)22-19(27)23-18/h2-7,14H,21H2,1H3,(H2,22,23,24,27). The van der Waals surface area contributed by atoms with Crippen LogP contribution in [-0.2, 0) is 0 Å². The predicted molar refractivity (Wildman–Crippen MR) is 100 cm³/mol. The molecule has 27 heavy (non-hydrogen) atoms. The van der Waals surface area contributed by atoms with Crippen LogP contribution >= 0.6 is 12.2 Å². The molecule has 1 aromatic carbocycles. The minimum Gasteiger partial charge on any atom is -0.460 e. The van der Waals surface area contributed by atoms with Gasteiger partial charge in [0.15, 0.2) is 4.77 Å². The van der Waals surface area contributed by atoms with Crippen LogP contribution in [0.25, 0.3) is 11.3 Å². The molecule has 2 aromatic heterocycles. The Hall–Kier alpha value is -3.57. The highest BCUT2D eigenvalue weighted by atomic mass is 32.1. The lowest BCUT2D eigenvalue weighted by atomic mass is 9.89. The first-order chi connectivity index (χ1) is 13.0. The minimum atomic E-state index is -0.798. The van der Waals surface area contributed by atoms with Gasteiger partial charge in [0.1, 0.15) is 23.2 Å². The van der Waals surface area contributed by atoms with Crippen LogP contribution in [-0.4, -0.2) is 9.97 Å². The molecule has 0 amide bonds. The number of allylic oxidation sites excluding steroid dienone is 1. The lowest BCUT2D eigenvalue weighted by Crippen LogP contribution is -2.28. The third-order valence-corrected chi connectivity index (χ3v) is 4.57. The third-order valence-electron chi connectivity index (χ3n) is 4.37. The topological polar surface area (TPSA) is 121 Å². The Kier molecular flexibility index (Phi) is 3.94. The average Bonchev–Trinajstić information content (AvgIpc) is 3.10. The van der Waals surface area contributed by atoms with E-state index in [1.807, 2.05) is 37.3 Å². The first kappa shape index (κ1) is 16.9. The van der Waals surface area contributed by atoms with E-state index in [9.17, 15) is 10.1 Å². The lowest BCUT2D eigenvalue weighted by Gasteiger charge is -2.23. The Morgan fingerprint density at radius 2 is 1.93 bits per heavy atom. The Morgan fingerprint density at radius 1 is 1.19 bits per heavy atom. The molecule has 0 saturated heterocycles. The van der Waals surface area contributed by atoms with Gasteiger partial charge in [-0.25, -0.2) is 0 Å². The summed E-state index contributed by atoms with van der Waals surface area (Å²) in [6, 6.07) is 13.4. The summed E-state index contributed by atoms with van der Waals surface area (Å²) in [5.41, 5.74) is 7.74. The number of aromatic amines is 2. The van der Waals surface area contributed by atoms with Crippen molar-refractivity contribution in [2.24, 2.45) is 5.73 Å². The first-order valence-electron chi connectivity index (χ1n) is 8.09. The molecule has 1 aliphatic heterocycles. The van der Waals surface area contributed by atoms with E-state index in [1.54, 1.807) is 12.1 Å². The normalized spacial score (nSPS) is 15.8. The van der Waals surface area contributed by atoms with Crippen LogP contribution in [0.2, 0.25) is 0 Å². The maximum absolute atomic E-state index is 12.5. The largest absolute Gasteiger partial charge is 0.460 e. The van der Waals surface area contributed by atoms with Gasteiger partial charge in [-0.2, -0.15) is 5.26 Å². The Labute approximate surface area is 158 Å². The smallest absolute Gasteiger partial charge is 0.259 e. The summed E-state index contributed by atoms with van der Waals surface area (Å²) in [6.45, 7) is 2.00. The van der Waals surface area contributed by atoms with Crippen molar-refractivity contribution < 1.29 is 9.15 Å². The van der Waals surface area contributed by atoms with Crippen molar-refractivity contribution >= 4 is 12.2 Å². The summed E-state index contributed by atoms with van der Waals surface area (Å²) in [5.74, 6) is 0.242. The Balaban J connectivity index is 1.88. The van der Waals surface area contributed by atoms with Crippen molar-refractivity contribution in [1.82, 2.24) is 9.97 Å². The molecule has 0 radical (unpaired) electrons. The van der Waals surface area contributed by atoms with Crippen LogP contribution in [0.4, 0.5) is 0 Å². The molecule has 0 spiro atoms. The summed E-state index contributed by atoms with van der Waals surface area (Å²) in [5, 5.41) is 9.57. The van der Waals surface area contributed by atoms with Gasteiger partial charge in [-0.05, 0) is 31.3 Å². The molecule has 7 nitrogen and oxygen atoms in total. The highest BCUT2D eigenvalue weighted by molar-refractivity contribution is 7.71. The van der Waals surface area contributed by atoms with E-state index >= 15 is 0 Å². The number of nitrogens with one attached hydrogen (secondary N) is 2. The number of nitrogens with two attached hydrogens (primary N) is 1. The third kappa shape index (κ3) is 2.84. The number of hydrogen-bond donors (Lipinski definition) is 3. The minimum absolute atomic E-state index is 0.0977. The molecule has 4 rings (SSSR count). The van der Waals surface area contributed by atoms with Crippen molar-refractivity contribution in [3.05, 3.63) is 79.9 Å². The molecule has 0 fully saturated rings. The van der Waals surface area contributed by atoms with Crippen molar-refractivity contribution in [1.29, 1.82) is 5.26 Å². The number of fused-ring (bicyclic) bond motifs is 1. The maximum Gasteiger partial charge on any atom is 0.259 e.